The van der Waals surface area contributed by atoms with Gasteiger partial charge in [0.1, 0.15) is 5.82 Å². The molecule has 3 aromatic rings. The molecule has 0 radical (unpaired) electrons. The van der Waals surface area contributed by atoms with Gasteiger partial charge < -0.3 is 14.5 Å². The van der Waals surface area contributed by atoms with Crippen LogP contribution in [0.1, 0.15) is 34.6 Å². The lowest BCUT2D eigenvalue weighted by atomic mass is 9.59. The summed E-state index contributed by atoms with van der Waals surface area (Å²) in [5.74, 6) is 1.03. The molecule has 2 aliphatic rings. The summed E-state index contributed by atoms with van der Waals surface area (Å²) < 4.78 is 0. The zero-order chi connectivity index (χ0) is 22.6. The van der Waals surface area contributed by atoms with E-state index < -0.39 is 0 Å². The highest BCUT2D eigenvalue weighted by molar-refractivity contribution is 6.79. The highest BCUT2D eigenvalue weighted by atomic mass is 15.4. The summed E-state index contributed by atoms with van der Waals surface area (Å²) in [6.45, 7) is 11.6. The quantitative estimate of drug-likeness (QED) is 0.572. The molecule has 0 bridgehead atoms. The van der Waals surface area contributed by atoms with Crippen molar-refractivity contribution in [2.24, 2.45) is 5.41 Å². The second-order valence-corrected chi connectivity index (χ2v) is 9.90. The molecular formula is C27H31BN4. The topological polar surface area (TPSA) is 22.6 Å². The minimum atomic E-state index is 0.0127. The molecule has 3 heterocycles. The molecule has 4 nitrogen and oxygen atoms in total. The zero-order valence-electron chi connectivity index (χ0n) is 19.9. The molecule has 2 aliphatic heterocycles. The summed E-state index contributed by atoms with van der Waals surface area (Å²) in [6, 6.07) is 23.7. The number of anilines is 3. The van der Waals surface area contributed by atoms with Crippen LogP contribution in [-0.2, 0) is 0 Å². The number of hydrogen-bond donors (Lipinski definition) is 0. The first-order valence-corrected chi connectivity index (χ1v) is 11.4. The number of benzene rings is 2. The summed E-state index contributed by atoms with van der Waals surface area (Å²) in [5, 5.41) is 2.67. The van der Waals surface area contributed by atoms with E-state index in [1.54, 1.807) is 0 Å². The Bertz CT molecular complexity index is 1280. The number of pyridine rings is 1. The Morgan fingerprint density at radius 1 is 0.875 bits per heavy atom. The van der Waals surface area contributed by atoms with Gasteiger partial charge in [0.05, 0.1) is 11.9 Å². The molecule has 162 valence electrons. The Morgan fingerprint density at radius 3 is 2.22 bits per heavy atom. The van der Waals surface area contributed by atoms with Crippen molar-refractivity contribution in [2.45, 2.75) is 40.8 Å². The van der Waals surface area contributed by atoms with Gasteiger partial charge in [-0.1, -0.05) is 63.2 Å². The minimum absolute atomic E-state index is 0.0127. The third-order valence-corrected chi connectivity index (χ3v) is 6.77. The average molecular weight is 422 g/mol. The predicted octanol–water partition coefficient (Wildman–Crippen LogP) is 4.38. The first-order chi connectivity index (χ1) is 15.3. The Kier molecular flexibility index (Phi) is 4.81. The van der Waals surface area contributed by atoms with Crippen LogP contribution in [0.4, 0.5) is 17.2 Å². The summed E-state index contributed by atoms with van der Waals surface area (Å²) in [4.78, 5) is 12.3. The predicted molar refractivity (Wildman–Crippen MR) is 136 cm³/mol. The van der Waals surface area contributed by atoms with E-state index in [4.69, 9.17) is 4.98 Å². The first kappa shape index (κ1) is 20.7. The van der Waals surface area contributed by atoms with E-state index in [1.165, 1.54) is 27.3 Å². The normalized spacial score (nSPS) is 18.2. The second kappa shape index (κ2) is 7.44. The van der Waals surface area contributed by atoms with Crippen LogP contribution in [0.15, 0.2) is 72.9 Å². The van der Waals surface area contributed by atoms with Gasteiger partial charge in [0.15, 0.2) is 0 Å². The minimum Gasteiger partial charge on any atom is -0.397 e. The van der Waals surface area contributed by atoms with Gasteiger partial charge in [-0.25, -0.2) is 4.98 Å². The third kappa shape index (κ3) is 3.02. The molecule has 0 saturated heterocycles. The van der Waals surface area contributed by atoms with Crippen molar-refractivity contribution in [3.63, 3.8) is 0 Å². The lowest BCUT2D eigenvalue weighted by molar-refractivity contribution is 0.478. The maximum Gasteiger partial charge on any atom is 0.409 e. The molecule has 5 rings (SSSR count). The monoisotopic (exact) mass is 422 g/mol. The van der Waals surface area contributed by atoms with Gasteiger partial charge in [-0.3, -0.25) is 0 Å². The standard InChI is InChI=1S/C27H31BN4/c1-19-22-15-10-11-16-23(22)25(27(3,4)5)30(6)28(19)32-20(2)31(21-13-8-7-9-14-21)24-17-12-18-29-26(24)32/h7-18,20H,1-6H3/t20-/m0/s1. The van der Waals surface area contributed by atoms with E-state index in [1.807, 2.05) is 12.3 Å². The molecule has 0 fully saturated rings. The summed E-state index contributed by atoms with van der Waals surface area (Å²) in [6.07, 6.45) is 2.03. The van der Waals surface area contributed by atoms with E-state index in [-0.39, 0.29) is 18.6 Å². The van der Waals surface area contributed by atoms with Crippen LogP contribution in [0.5, 0.6) is 0 Å². The molecule has 0 N–H and O–H groups in total. The fraction of sp³-hybridized carbons (Fsp3) is 0.296. The SMILES string of the molecule is CC1=c2ccccc2=C(C(C)(C)C)N(C)B1N1c2ncccc2N(c2ccccc2)[C@@H]1C. The molecule has 0 saturated carbocycles. The summed E-state index contributed by atoms with van der Waals surface area (Å²) in [5.41, 5.74) is 5.08. The van der Waals surface area contributed by atoms with Crippen molar-refractivity contribution in [1.82, 2.24) is 9.79 Å². The van der Waals surface area contributed by atoms with Crippen molar-refractivity contribution >= 4 is 35.3 Å². The summed E-state index contributed by atoms with van der Waals surface area (Å²) >= 11 is 0. The molecule has 2 aromatic carbocycles. The summed E-state index contributed by atoms with van der Waals surface area (Å²) in [7, 11) is 2.24. The van der Waals surface area contributed by atoms with Crippen molar-refractivity contribution < 1.29 is 0 Å². The van der Waals surface area contributed by atoms with E-state index >= 15 is 0 Å². The van der Waals surface area contributed by atoms with Crippen molar-refractivity contribution in [3.05, 3.63) is 83.4 Å². The van der Waals surface area contributed by atoms with Gasteiger partial charge in [-0.2, -0.15) is 0 Å². The molecule has 0 aliphatic carbocycles. The van der Waals surface area contributed by atoms with Crippen LogP contribution in [0.3, 0.4) is 0 Å². The molecule has 1 aromatic heterocycles. The highest BCUT2D eigenvalue weighted by Crippen LogP contribution is 2.45. The fourth-order valence-electron chi connectivity index (χ4n) is 5.65. The molecule has 32 heavy (non-hydrogen) atoms. The molecule has 0 spiro atoms. The molecule has 0 unspecified atom stereocenters. The van der Waals surface area contributed by atoms with Crippen LogP contribution in [0, 0.1) is 5.41 Å². The van der Waals surface area contributed by atoms with Crippen LogP contribution < -0.4 is 20.1 Å². The van der Waals surface area contributed by atoms with Crippen molar-refractivity contribution in [3.8, 4) is 0 Å². The average Bonchev–Trinajstić information content (AvgIpc) is 3.05. The largest absolute Gasteiger partial charge is 0.409 e. The number of para-hydroxylation sites is 1. The number of nitrogens with zero attached hydrogens (tertiary/aromatic N) is 4. The Morgan fingerprint density at radius 2 is 1.53 bits per heavy atom. The van der Waals surface area contributed by atoms with E-state index in [9.17, 15) is 0 Å². The Balaban J connectivity index is 1.73. The molecule has 1 atom stereocenters. The van der Waals surface area contributed by atoms with Crippen molar-refractivity contribution in [1.29, 1.82) is 0 Å². The smallest absolute Gasteiger partial charge is 0.397 e. The first-order valence-electron chi connectivity index (χ1n) is 11.4. The lowest BCUT2D eigenvalue weighted by Crippen LogP contribution is -2.62. The maximum atomic E-state index is 4.89. The van der Waals surface area contributed by atoms with Gasteiger partial charge in [-0.05, 0) is 61.1 Å². The van der Waals surface area contributed by atoms with Gasteiger partial charge in [0.25, 0.3) is 0 Å². The van der Waals surface area contributed by atoms with E-state index in [2.05, 4.69) is 117 Å². The molecule has 0 amide bonds. The van der Waals surface area contributed by atoms with Crippen LogP contribution in [0.2, 0.25) is 0 Å². The Hall–Kier alpha value is -3.21. The van der Waals surface area contributed by atoms with Crippen LogP contribution in [-0.4, -0.2) is 30.0 Å². The van der Waals surface area contributed by atoms with E-state index in [0.717, 1.165) is 11.5 Å². The fourth-order valence-corrected chi connectivity index (χ4v) is 5.65. The second-order valence-electron chi connectivity index (χ2n) is 9.90. The third-order valence-electron chi connectivity index (χ3n) is 6.77. The Labute approximate surface area is 191 Å². The maximum absolute atomic E-state index is 4.89. The lowest BCUT2D eigenvalue weighted by Gasteiger charge is -2.44. The number of hydrogen-bond acceptors (Lipinski definition) is 4. The van der Waals surface area contributed by atoms with Crippen molar-refractivity contribution in [2.75, 3.05) is 16.8 Å². The number of fused-ring (bicyclic) bond motifs is 2. The highest BCUT2D eigenvalue weighted by Gasteiger charge is 2.46. The van der Waals surface area contributed by atoms with Gasteiger partial charge in [-0.15, -0.1) is 0 Å². The number of rotatable bonds is 2. The van der Waals surface area contributed by atoms with Crippen LogP contribution in [0.25, 0.3) is 11.2 Å². The zero-order valence-corrected chi connectivity index (χ0v) is 19.9. The van der Waals surface area contributed by atoms with Crippen LogP contribution >= 0.6 is 0 Å². The van der Waals surface area contributed by atoms with Gasteiger partial charge in [0.2, 0.25) is 0 Å². The molecule has 5 heteroatoms. The number of aromatic nitrogens is 1. The van der Waals surface area contributed by atoms with Gasteiger partial charge in [0, 0.05) is 23.0 Å². The van der Waals surface area contributed by atoms with E-state index in [0.29, 0.717) is 0 Å². The molecular weight excluding hydrogens is 391 g/mol. The van der Waals surface area contributed by atoms with Gasteiger partial charge >= 0.3 is 6.98 Å².